The number of aliphatic carboxylic acids is 2. The molecule has 0 bridgehead atoms. The molecule has 0 spiro atoms. The lowest BCUT2D eigenvalue weighted by Gasteiger charge is -1.95. The number of hydrogen-bond donors (Lipinski definition) is 2. The van der Waals surface area contributed by atoms with Crippen molar-refractivity contribution >= 4 is 23.9 Å². The summed E-state index contributed by atoms with van der Waals surface area (Å²) in [5.41, 5.74) is -0.303. The fraction of sp³-hybridized carbons (Fsp3) is 0.385. The van der Waals surface area contributed by atoms with E-state index in [0.717, 1.165) is 12.2 Å². The zero-order valence-electron chi connectivity index (χ0n) is 11.8. The summed E-state index contributed by atoms with van der Waals surface area (Å²) >= 11 is 0. The lowest BCUT2D eigenvalue weighted by Crippen LogP contribution is -2.04. The number of rotatable bonds is 7. The van der Waals surface area contributed by atoms with Gasteiger partial charge in [-0.1, -0.05) is 6.58 Å². The van der Waals surface area contributed by atoms with Gasteiger partial charge in [0.25, 0.3) is 0 Å². The molecule has 0 aromatic carbocycles. The van der Waals surface area contributed by atoms with Crippen molar-refractivity contribution in [3.8, 4) is 0 Å². The third-order valence-electron chi connectivity index (χ3n) is 1.60. The first-order chi connectivity index (χ1) is 9.74. The minimum Gasteiger partial charge on any atom is -0.481 e. The van der Waals surface area contributed by atoms with Gasteiger partial charge >= 0.3 is 23.9 Å². The molecule has 0 aromatic heterocycles. The van der Waals surface area contributed by atoms with Crippen LogP contribution in [0.1, 0.15) is 20.3 Å². The van der Waals surface area contributed by atoms with Gasteiger partial charge in [-0.2, -0.15) is 0 Å². The summed E-state index contributed by atoms with van der Waals surface area (Å²) < 4.78 is 9.07. The first-order valence-corrected chi connectivity index (χ1v) is 5.88. The van der Waals surface area contributed by atoms with Gasteiger partial charge < -0.3 is 19.7 Å². The lowest BCUT2D eigenvalue weighted by atomic mass is 10.2. The standard InChI is InChI=1S/C8H12O4.C5H6O4/c1-3-11-7(9)5-6-8(10)12-4-2;1-3(5(8)9)2-4(6)7/h5-6H,3-4H2,1-2H3;1-2H2,(H,6,7)(H,8,9)/b6-5-;. The van der Waals surface area contributed by atoms with Crippen LogP contribution in [0.5, 0.6) is 0 Å². The Bertz CT molecular complexity index is 402. The SMILES string of the molecule is C=C(CC(=O)O)C(=O)O.CCOC(=O)/C=C\C(=O)OCC. The molecular formula is C13H18O8. The highest BCUT2D eigenvalue weighted by atomic mass is 16.5. The second kappa shape index (κ2) is 12.4. The molecular weight excluding hydrogens is 284 g/mol. The summed E-state index contributed by atoms with van der Waals surface area (Å²) in [7, 11) is 0. The fourth-order valence-corrected chi connectivity index (χ4v) is 0.775. The average Bonchev–Trinajstić information content (AvgIpc) is 2.37. The Morgan fingerprint density at radius 3 is 1.52 bits per heavy atom. The van der Waals surface area contributed by atoms with Crippen LogP contribution in [0.3, 0.4) is 0 Å². The average molecular weight is 302 g/mol. The van der Waals surface area contributed by atoms with Gasteiger partial charge in [0.15, 0.2) is 0 Å². The molecule has 0 saturated heterocycles. The van der Waals surface area contributed by atoms with E-state index in [-0.39, 0.29) is 5.57 Å². The van der Waals surface area contributed by atoms with E-state index < -0.39 is 30.3 Å². The van der Waals surface area contributed by atoms with Gasteiger partial charge in [0, 0.05) is 17.7 Å². The molecule has 21 heavy (non-hydrogen) atoms. The third-order valence-corrected chi connectivity index (χ3v) is 1.60. The summed E-state index contributed by atoms with van der Waals surface area (Å²) in [5.74, 6) is -3.52. The monoisotopic (exact) mass is 302 g/mol. The maximum atomic E-state index is 10.6. The van der Waals surface area contributed by atoms with Gasteiger partial charge in [-0.3, -0.25) is 4.79 Å². The zero-order chi connectivity index (χ0) is 16.8. The predicted molar refractivity (Wildman–Crippen MR) is 71.4 cm³/mol. The van der Waals surface area contributed by atoms with Crippen LogP contribution in [0.15, 0.2) is 24.3 Å². The summed E-state index contributed by atoms with van der Waals surface area (Å²) in [6, 6.07) is 0. The molecule has 0 aliphatic rings. The van der Waals surface area contributed by atoms with Gasteiger partial charge in [-0.25, -0.2) is 14.4 Å². The van der Waals surface area contributed by atoms with Crippen LogP contribution in [0.25, 0.3) is 0 Å². The van der Waals surface area contributed by atoms with Crippen molar-refractivity contribution in [1.29, 1.82) is 0 Å². The molecule has 0 atom stereocenters. The molecule has 8 nitrogen and oxygen atoms in total. The molecule has 0 heterocycles. The molecule has 0 unspecified atom stereocenters. The van der Waals surface area contributed by atoms with Crippen molar-refractivity contribution in [3.05, 3.63) is 24.3 Å². The normalized spacial score (nSPS) is 9.24. The Hall–Kier alpha value is -2.64. The van der Waals surface area contributed by atoms with Gasteiger partial charge in [0.05, 0.1) is 19.6 Å². The van der Waals surface area contributed by atoms with Gasteiger partial charge in [-0.05, 0) is 13.8 Å². The van der Waals surface area contributed by atoms with E-state index in [1.165, 1.54) is 0 Å². The predicted octanol–water partition coefficient (Wildman–Crippen LogP) is 0.771. The van der Waals surface area contributed by atoms with Crippen LogP contribution in [0.4, 0.5) is 0 Å². The van der Waals surface area contributed by atoms with Gasteiger partial charge in [-0.15, -0.1) is 0 Å². The van der Waals surface area contributed by atoms with E-state index in [1.807, 2.05) is 0 Å². The van der Waals surface area contributed by atoms with Crippen LogP contribution < -0.4 is 0 Å². The van der Waals surface area contributed by atoms with Crippen molar-refractivity contribution < 1.29 is 38.9 Å². The summed E-state index contributed by atoms with van der Waals surface area (Å²) in [5, 5.41) is 16.1. The lowest BCUT2D eigenvalue weighted by molar-refractivity contribution is -0.140. The van der Waals surface area contributed by atoms with Crippen molar-refractivity contribution in [2.75, 3.05) is 13.2 Å². The first kappa shape index (κ1) is 20.7. The molecule has 0 amide bonds. The number of hydrogen-bond acceptors (Lipinski definition) is 6. The fourth-order valence-electron chi connectivity index (χ4n) is 0.775. The van der Waals surface area contributed by atoms with Crippen LogP contribution in [-0.4, -0.2) is 47.3 Å². The zero-order valence-corrected chi connectivity index (χ0v) is 11.8. The topological polar surface area (TPSA) is 127 Å². The van der Waals surface area contributed by atoms with Crippen molar-refractivity contribution in [1.82, 2.24) is 0 Å². The molecule has 0 saturated carbocycles. The van der Waals surface area contributed by atoms with Crippen LogP contribution in [-0.2, 0) is 28.7 Å². The van der Waals surface area contributed by atoms with Crippen molar-refractivity contribution in [2.45, 2.75) is 20.3 Å². The molecule has 0 aromatic rings. The highest BCUT2D eigenvalue weighted by Crippen LogP contribution is 1.95. The minimum absolute atomic E-state index is 0.298. The third kappa shape index (κ3) is 15.3. The maximum absolute atomic E-state index is 10.6. The van der Waals surface area contributed by atoms with Gasteiger partial charge in [0.1, 0.15) is 0 Å². The summed E-state index contributed by atoms with van der Waals surface area (Å²) in [4.78, 5) is 40.9. The Morgan fingerprint density at radius 1 is 0.952 bits per heavy atom. The van der Waals surface area contributed by atoms with E-state index in [9.17, 15) is 19.2 Å². The van der Waals surface area contributed by atoms with Crippen molar-refractivity contribution in [3.63, 3.8) is 0 Å². The second-order valence-electron chi connectivity index (χ2n) is 3.32. The Labute approximate surface area is 121 Å². The van der Waals surface area contributed by atoms with E-state index in [2.05, 4.69) is 16.1 Å². The number of ether oxygens (including phenoxy) is 2. The molecule has 0 aliphatic carbocycles. The largest absolute Gasteiger partial charge is 0.481 e. The van der Waals surface area contributed by atoms with Crippen LogP contribution in [0.2, 0.25) is 0 Å². The number of carboxylic acid groups (broad SMARTS) is 2. The summed E-state index contributed by atoms with van der Waals surface area (Å²) in [6.45, 7) is 6.99. The number of carbonyl (C=O) groups is 4. The highest BCUT2D eigenvalue weighted by molar-refractivity contribution is 5.92. The maximum Gasteiger partial charge on any atom is 0.331 e. The minimum atomic E-state index is -1.27. The van der Waals surface area contributed by atoms with E-state index in [1.54, 1.807) is 13.8 Å². The molecule has 2 N–H and O–H groups in total. The first-order valence-electron chi connectivity index (χ1n) is 5.88. The van der Waals surface area contributed by atoms with E-state index in [4.69, 9.17) is 10.2 Å². The highest BCUT2D eigenvalue weighted by Gasteiger charge is 2.07. The quantitative estimate of drug-likeness (QED) is 0.521. The second-order valence-corrected chi connectivity index (χ2v) is 3.32. The van der Waals surface area contributed by atoms with Gasteiger partial charge in [0.2, 0.25) is 0 Å². The van der Waals surface area contributed by atoms with Crippen molar-refractivity contribution in [2.24, 2.45) is 0 Å². The van der Waals surface area contributed by atoms with Crippen LogP contribution >= 0.6 is 0 Å². The van der Waals surface area contributed by atoms with Crippen LogP contribution in [0, 0.1) is 0 Å². The summed E-state index contributed by atoms with van der Waals surface area (Å²) in [6.07, 6.45) is 1.58. The molecule has 0 rings (SSSR count). The van der Waals surface area contributed by atoms with E-state index in [0.29, 0.717) is 13.2 Å². The molecule has 0 aliphatic heterocycles. The molecule has 0 fully saturated rings. The Kier molecular flexibility index (Phi) is 12.2. The molecule has 118 valence electrons. The van der Waals surface area contributed by atoms with E-state index >= 15 is 0 Å². The Morgan fingerprint density at radius 2 is 1.33 bits per heavy atom. The number of esters is 2. The Balaban J connectivity index is 0. The smallest absolute Gasteiger partial charge is 0.331 e. The number of carbonyl (C=O) groups excluding carboxylic acids is 2. The molecule has 8 heteroatoms. The number of carboxylic acids is 2. The molecule has 0 radical (unpaired) electrons.